The van der Waals surface area contributed by atoms with Crippen molar-refractivity contribution in [3.05, 3.63) is 108 Å². The van der Waals surface area contributed by atoms with Crippen molar-refractivity contribution in [2.45, 2.75) is 26.1 Å². The van der Waals surface area contributed by atoms with Crippen molar-refractivity contribution in [2.75, 3.05) is 11.5 Å². The molecule has 2 amide bonds. The SMILES string of the molecule is CCOc1ccc(N(C(=O)Cn2nnc3ccccc32)C(C(=O)NCc2ccccc2)c2ccc(O)c(O)c2)cc1. The molecule has 208 valence electrons. The number of phenols is 2. The summed E-state index contributed by atoms with van der Waals surface area (Å²) in [7, 11) is 0. The van der Waals surface area contributed by atoms with E-state index in [2.05, 4.69) is 15.6 Å². The van der Waals surface area contributed by atoms with E-state index in [4.69, 9.17) is 4.74 Å². The van der Waals surface area contributed by atoms with Crippen LogP contribution in [0, 0.1) is 0 Å². The zero-order valence-corrected chi connectivity index (χ0v) is 22.3. The number of ether oxygens (including phenoxy) is 1. The van der Waals surface area contributed by atoms with Gasteiger partial charge in [0.2, 0.25) is 11.8 Å². The molecule has 1 heterocycles. The Kier molecular flexibility index (Phi) is 8.10. The maximum absolute atomic E-state index is 14.1. The fourth-order valence-electron chi connectivity index (χ4n) is 4.56. The molecule has 1 aromatic heterocycles. The summed E-state index contributed by atoms with van der Waals surface area (Å²) in [6.45, 7) is 2.36. The van der Waals surface area contributed by atoms with Gasteiger partial charge in [0.05, 0.1) is 12.1 Å². The number of carbonyl (C=O) groups excluding carboxylic acids is 2. The van der Waals surface area contributed by atoms with E-state index in [-0.39, 0.29) is 18.8 Å². The van der Waals surface area contributed by atoms with Crippen LogP contribution in [-0.4, -0.2) is 43.6 Å². The van der Waals surface area contributed by atoms with Gasteiger partial charge in [0.1, 0.15) is 23.9 Å². The predicted octanol–water partition coefficient (Wildman–Crippen LogP) is 4.33. The third kappa shape index (κ3) is 6.11. The summed E-state index contributed by atoms with van der Waals surface area (Å²) >= 11 is 0. The number of phenolic OH excluding ortho intramolecular Hbond substituents is 2. The third-order valence-corrected chi connectivity index (χ3v) is 6.53. The zero-order valence-electron chi connectivity index (χ0n) is 22.3. The number of fused-ring (bicyclic) bond motifs is 1. The number of carbonyl (C=O) groups is 2. The van der Waals surface area contributed by atoms with Gasteiger partial charge in [-0.1, -0.05) is 53.7 Å². The Morgan fingerprint density at radius 1 is 0.927 bits per heavy atom. The first kappa shape index (κ1) is 27.2. The molecule has 41 heavy (non-hydrogen) atoms. The number of rotatable bonds is 10. The van der Waals surface area contributed by atoms with Crippen molar-refractivity contribution in [1.82, 2.24) is 20.3 Å². The first-order chi connectivity index (χ1) is 19.9. The number of hydrogen-bond donors (Lipinski definition) is 3. The predicted molar refractivity (Wildman–Crippen MR) is 153 cm³/mol. The van der Waals surface area contributed by atoms with Crippen LogP contribution in [0.5, 0.6) is 17.2 Å². The number of nitrogens with one attached hydrogen (secondary N) is 1. The first-order valence-corrected chi connectivity index (χ1v) is 13.1. The molecule has 0 saturated carbocycles. The van der Waals surface area contributed by atoms with Gasteiger partial charge in [-0.3, -0.25) is 14.5 Å². The Balaban J connectivity index is 1.57. The summed E-state index contributed by atoms with van der Waals surface area (Å²) < 4.78 is 7.06. The van der Waals surface area contributed by atoms with Crippen LogP contribution in [0.25, 0.3) is 11.0 Å². The Bertz CT molecular complexity index is 1650. The summed E-state index contributed by atoms with van der Waals surface area (Å²) in [5, 5.41) is 31.5. The zero-order chi connectivity index (χ0) is 28.8. The number of para-hydroxylation sites is 1. The number of aromatic nitrogens is 3. The molecule has 0 aliphatic rings. The molecule has 1 atom stereocenters. The third-order valence-electron chi connectivity index (χ3n) is 6.53. The minimum absolute atomic E-state index is 0.208. The lowest BCUT2D eigenvalue weighted by Crippen LogP contribution is -2.45. The second-order valence-corrected chi connectivity index (χ2v) is 9.28. The van der Waals surface area contributed by atoms with Gasteiger partial charge in [-0.25, -0.2) is 4.68 Å². The van der Waals surface area contributed by atoms with Crippen LogP contribution in [-0.2, 0) is 22.7 Å². The summed E-state index contributed by atoms with van der Waals surface area (Å²) in [4.78, 5) is 29.4. The van der Waals surface area contributed by atoms with Gasteiger partial charge in [0.15, 0.2) is 11.5 Å². The van der Waals surface area contributed by atoms with E-state index in [9.17, 15) is 19.8 Å². The van der Waals surface area contributed by atoms with Crippen molar-refractivity contribution < 1.29 is 24.5 Å². The molecule has 5 rings (SSSR count). The molecule has 0 saturated heterocycles. The number of anilines is 1. The second-order valence-electron chi connectivity index (χ2n) is 9.28. The van der Waals surface area contributed by atoms with Gasteiger partial charge >= 0.3 is 0 Å². The van der Waals surface area contributed by atoms with E-state index in [1.807, 2.05) is 55.5 Å². The van der Waals surface area contributed by atoms with E-state index in [1.165, 1.54) is 27.8 Å². The minimum Gasteiger partial charge on any atom is -0.504 e. The van der Waals surface area contributed by atoms with Gasteiger partial charge in [-0.05, 0) is 66.6 Å². The number of aromatic hydroxyl groups is 2. The van der Waals surface area contributed by atoms with Crippen LogP contribution in [0.4, 0.5) is 5.69 Å². The lowest BCUT2D eigenvalue weighted by Gasteiger charge is -2.32. The van der Waals surface area contributed by atoms with Crippen molar-refractivity contribution in [3.63, 3.8) is 0 Å². The highest BCUT2D eigenvalue weighted by molar-refractivity contribution is 6.01. The summed E-state index contributed by atoms with van der Waals surface area (Å²) in [6, 6.07) is 26.3. The lowest BCUT2D eigenvalue weighted by atomic mass is 10.0. The second kappa shape index (κ2) is 12.2. The topological polar surface area (TPSA) is 130 Å². The van der Waals surface area contributed by atoms with Crippen LogP contribution in [0.15, 0.2) is 97.1 Å². The minimum atomic E-state index is -1.20. The van der Waals surface area contributed by atoms with E-state index in [0.29, 0.717) is 34.6 Å². The molecule has 0 bridgehead atoms. The largest absolute Gasteiger partial charge is 0.504 e. The van der Waals surface area contributed by atoms with Gasteiger partial charge in [0.25, 0.3) is 0 Å². The molecule has 10 heteroatoms. The summed E-state index contributed by atoms with van der Waals surface area (Å²) in [5.74, 6) is -1.07. The lowest BCUT2D eigenvalue weighted by molar-refractivity contribution is -0.127. The molecule has 1 unspecified atom stereocenters. The average Bonchev–Trinajstić information content (AvgIpc) is 3.40. The Morgan fingerprint density at radius 3 is 2.39 bits per heavy atom. The Hall–Kier alpha value is -5.38. The fraction of sp³-hybridized carbons (Fsp3) is 0.161. The first-order valence-electron chi connectivity index (χ1n) is 13.1. The monoisotopic (exact) mass is 551 g/mol. The van der Waals surface area contributed by atoms with Crippen molar-refractivity contribution >= 4 is 28.5 Å². The number of nitrogens with zero attached hydrogens (tertiary/aromatic N) is 4. The average molecular weight is 552 g/mol. The number of amides is 2. The molecule has 0 spiro atoms. The van der Waals surface area contributed by atoms with E-state index in [1.54, 1.807) is 30.3 Å². The quantitative estimate of drug-likeness (QED) is 0.220. The van der Waals surface area contributed by atoms with E-state index in [0.717, 1.165) is 5.56 Å². The van der Waals surface area contributed by atoms with Crippen molar-refractivity contribution in [1.29, 1.82) is 0 Å². The molecule has 0 radical (unpaired) electrons. The standard InChI is InChI=1S/C31H29N5O5/c1-2-41-24-15-13-23(14-16-24)36(29(39)20-35-26-11-7-6-10-25(26)33-34-35)30(22-12-17-27(37)28(38)18-22)31(40)32-19-21-8-4-3-5-9-21/h3-18,30,37-38H,2,19-20H2,1H3,(H,32,40). The highest BCUT2D eigenvalue weighted by Gasteiger charge is 2.34. The maximum atomic E-state index is 14.1. The maximum Gasteiger partial charge on any atom is 0.249 e. The normalized spacial score (nSPS) is 11.6. The van der Waals surface area contributed by atoms with Gasteiger partial charge in [0, 0.05) is 12.2 Å². The van der Waals surface area contributed by atoms with Crippen molar-refractivity contribution in [2.24, 2.45) is 0 Å². The highest BCUT2D eigenvalue weighted by Crippen LogP contribution is 2.34. The van der Waals surface area contributed by atoms with Crippen LogP contribution in [0.3, 0.4) is 0 Å². The molecule has 0 aliphatic carbocycles. The molecule has 0 fully saturated rings. The van der Waals surface area contributed by atoms with Crippen LogP contribution >= 0.6 is 0 Å². The molecular weight excluding hydrogens is 522 g/mol. The van der Waals surface area contributed by atoms with Crippen LogP contribution < -0.4 is 15.0 Å². The fourth-order valence-corrected chi connectivity index (χ4v) is 4.56. The van der Waals surface area contributed by atoms with E-state index >= 15 is 0 Å². The molecule has 5 aromatic rings. The smallest absolute Gasteiger partial charge is 0.249 e. The Labute approximate surface area is 236 Å². The Morgan fingerprint density at radius 2 is 1.66 bits per heavy atom. The molecular formula is C31H29N5O5. The van der Waals surface area contributed by atoms with Crippen LogP contribution in [0.1, 0.15) is 24.1 Å². The van der Waals surface area contributed by atoms with Gasteiger partial charge in [-0.2, -0.15) is 0 Å². The highest BCUT2D eigenvalue weighted by atomic mass is 16.5. The summed E-state index contributed by atoms with van der Waals surface area (Å²) in [5.41, 5.74) is 2.90. The molecule has 4 aromatic carbocycles. The molecule has 10 nitrogen and oxygen atoms in total. The molecule has 3 N–H and O–H groups in total. The van der Waals surface area contributed by atoms with Gasteiger partial charge < -0.3 is 20.3 Å². The number of hydrogen-bond acceptors (Lipinski definition) is 7. The number of benzene rings is 4. The van der Waals surface area contributed by atoms with Crippen LogP contribution in [0.2, 0.25) is 0 Å². The molecule has 0 aliphatic heterocycles. The summed E-state index contributed by atoms with van der Waals surface area (Å²) in [6.07, 6.45) is 0. The van der Waals surface area contributed by atoms with E-state index < -0.39 is 23.6 Å². The van der Waals surface area contributed by atoms with Gasteiger partial charge in [-0.15, -0.1) is 5.10 Å². The van der Waals surface area contributed by atoms with Crippen molar-refractivity contribution in [3.8, 4) is 17.2 Å².